The van der Waals surface area contributed by atoms with Crippen LogP contribution in [0.15, 0.2) is 6.20 Å². The van der Waals surface area contributed by atoms with Crippen LogP contribution in [0.1, 0.15) is 26.5 Å². The van der Waals surface area contributed by atoms with Crippen molar-refractivity contribution in [3.8, 4) is 6.01 Å². The molecule has 1 heterocycles. The Labute approximate surface area is 73.4 Å². The monoisotopic (exact) mass is 168 g/mol. The van der Waals surface area contributed by atoms with E-state index in [0.717, 1.165) is 5.69 Å². The van der Waals surface area contributed by atoms with Crippen LogP contribution in [0.25, 0.3) is 0 Å². The molecule has 1 rings (SSSR count). The summed E-state index contributed by atoms with van der Waals surface area (Å²) in [5.41, 5.74) is 1.16. The van der Waals surface area contributed by atoms with Crippen LogP contribution >= 0.6 is 0 Å². The first-order chi connectivity index (χ1) is 5.46. The number of methoxy groups -OCH3 is 1. The van der Waals surface area contributed by atoms with Gasteiger partial charge in [-0.3, -0.25) is 4.57 Å². The quantitative estimate of drug-likeness (QED) is 0.641. The van der Waals surface area contributed by atoms with Crippen LogP contribution in [-0.2, 0) is 5.54 Å². The molecule has 0 atom stereocenters. The van der Waals surface area contributed by atoms with Crippen molar-refractivity contribution in [2.24, 2.45) is 0 Å². The first-order valence-electron chi connectivity index (χ1n) is 4.05. The Bertz CT molecular complexity index is 271. The van der Waals surface area contributed by atoms with E-state index in [4.69, 9.17) is 4.74 Å². The molecule has 0 aliphatic rings. The minimum Gasteiger partial charge on any atom is -0.468 e. The Hall–Kier alpha value is -0.990. The van der Waals surface area contributed by atoms with Gasteiger partial charge in [0.25, 0.3) is 6.01 Å². The van der Waals surface area contributed by atoms with Gasteiger partial charge in [0.15, 0.2) is 0 Å². The Balaban J connectivity index is 3.19. The van der Waals surface area contributed by atoms with E-state index in [2.05, 4.69) is 30.3 Å². The van der Waals surface area contributed by atoms with E-state index in [1.807, 2.05) is 13.1 Å². The van der Waals surface area contributed by atoms with Gasteiger partial charge in [0.2, 0.25) is 0 Å². The first kappa shape index (κ1) is 9.10. The number of ether oxygens (including phenoxy) is 1. The average Bonchev–Trinajstić information content (AvgIpc) is 2.29. The minimum atomic E-state index is 0.0337. The molecule has 0 saturated heterocycles. The normalized spacial score (nSPS) is 11.8. The molecule has 0 aliphatic heterocycles. The predicted molar refractivity (Wildman–Crippen MR) is 48.5 cm³/mol. The molecular weight excluding hydrogens is 152 g/mol. The third kappa shape index (κ3) is 1.44. The summed E-state index contributed by atoms with van der Waals surface area (Å²) in [5.74, 6) is 0. The SMILES string of the molecule is COc1ncc(C)n1C(C)(C)C. The minimum absolute atomic E-state index is 0.0337. The van der Waals surface area contributed by atoms with E-state index in [-0.39, 0.29) is 5.54 Å². The van der Waals surface area contributed by atoms with Gasteiger partial charge < -0.3 is 4.74 Å². The molecule has 0 radical (unpaired) electrons. The van der Waals surface area contributed by atoms with Gasteiger partial charge in [0.05, 0.1) is 13.3 Å². The lowest BCUT2D eigenvalue weighted by atomic mass is 10.1. The molecule has 12 heavy (non-hydrogen) atoms. The highest BCUT2D eigenvalue weighted by molar-refractivity contribution is 5.11. The average molecular weight is 168 g/mol. The second kappa shape index (κ2) is 2.81. The molecule has 0 saturated carbocycles. The van der Waals surface area contributed by atoms with E-state index >= 15 is 0 Å². The van der Waals surface area contributed by atoms with E-state index in [1.165, 1.54) is 0 Å². The van der Waals surface area contributed by atoms with Crippen molar-refractivity contribution in [3.63, 3.8) is 0 Å². The molecule has 68 valence electrons. The molecular formula is C9H16N2O. The highest BCUT2D eigenvalue weighted by atomic mass is 16.5. The zero-order valence-corrected chi connectivity index (χ0v) is 8.38. The van der Waals surface area contributed by atoms with Gasteiger partial charge in [-0.1, -0.05) is 0 Å². The fraction of sp³-hybridized carbons (Fsp3) is 0.667. The van der Waals surface area contributed by atoms with Crippen molar-refractivity contribution in [1.29, 1.82) is 0 Å². The smallest absolute Gasteiger partial charge is 0.296 e. The lowest BCUT2D eigenvalue weighted by Gasteiger charge is -2.23. The molecule has 0 amide bonds. The molecule has 1 aromatic heterocycles. The Morgan fingerprint density at radius 3 is 2.33 bits per heavy atom. The number of rotatable bonds is 1. The maximum atomic E-state index is 5.14. The summed E-state index contributed by atoms with van der Waals surface area (Å²) in [6.45, 7) is 8.42. The summed E-state index contributed by atoms with van der Waals surface area (Å²) in [6.07, 6.45) is 1.82. The van der Waals surface area contributed by atoms with Gasteiger partial charge in [-0.2, -0.15) is 0 Å². The topological polar surface area (TPSA) is 27.1 Å². The number of aromatic nitrogens is 2. The molecule has 0 aliphatic carbocycles. The zero-order chi connectivity index (χ0) is 9.35. The van der Waals surface area contributed by atoms with Gasteiger partial charge in [0, 0.05) is 11.2 Å². The van der Waals surface area contributed by atoms with E-state index in [0.29, 0.717) is 6.01 Å². The van der Waals surface area contributed by atoms with Crippen LogP contribution in [0.5, 0.6) is 6.01 Å². The number of hydrogen-bond donors (Lipinski definition) is 0. The van der Waals surface area contributed by atoms with Gasteiger partial charge in [0.1, 0.15) is 0 Å². The van der Waals surface area contributed by atoms with Crippen LogP contribution < -0.4 is 4.74 Å². The van der Waals surface area contributed by atoms with E-state index in [1.54, 1.807) is 7.11 Å². The third-order valence-electron chi connectivity index (χ3n) is 1.76. The van der Waals surface area contributed by atoms with Crippen molar-refractivity contribution in [2.45, 2.75) is 33.2 Å². The predicted octanol–water partition coefficient (Wildman–Crippen LogP) is 1.96. The highest BCUT2D eigenvalue weighted by Gasteiger charge is 2.19. The second-order valence-corrected chi connectivity index (χ2v) is 3.89. The molecule has 0 aromatic carbocycles. The molecule has 0 unspecified atom stereocenters. The first-order valence-corrected chi connectivity index (χ1v) is 4.05. The van der Waals surface area contributed by atoms with Crippen molar-refractivity contribution in [3.05, 3.63) is 11.9 Å². The van der Waals surface area contributed by atoms with E-state index < -0.39 is 0 Å². The van der Waals surface area contributed by atoms with Crippen LogP contribution in [0.3, 0.4) is 0 Å². The zero-order valence-electron chi connectivity index (χ0n) is 8.38. The maximum Gasteiger partial charge on any atom is 0.296 e. The molecule has 3 heteroatoms. The van der Waals surface area contributed by atoms with Crippen LogP contribution in [-0.4, -0.2) is 16.7 Å². The summed E-state index contributed by atoms with van der Waals surface area (Å²) in [7, 11) is 1.64. The van der Waals surface area contributed by atoms with Crippen molar-refractivity contribution in [2.75, 3.05) is 7.11 Å². The largest absolute Gasteiger partial charge is 0.468 e. The molecule has 0 bridgehead atoms. The fourth-order valence-corrected chi connectivity index (χ4v) is 1.37. The summed E-state index contributed by atoms with van der Waals surface area (Å²) < 4.78 is 7.22. The summed E-state index contributed by atoms with van der Waals surface area (Å²) in [4.78, 5) is 4.14. The Morgan fingerprint density at radius 2 is 2.00 bits per heavy atom. The van der Waals surface area contributed by atoms with Crippen molar-refractivity contribution in [1.82, 2.24) is 9.55 Å². The summed E-state index contributed by atoms with van der Waals surface area (Å²) in [5, 5.41) is 0. The summed E-state index contributed by atoms with van der Waals surface area (Å²) in [6, 6.07) is 0.681. The number of aryl methyl sites for hydroxylation is 1. The van der Waals surface area contributed by atoms with Gasteiger partial charge in [-0.25, -0.2) is 4.98 Å². The fourth-order valence-electron chi connectivity index (χ4n) is 1.37. The van der Waals surface area contributed by atoms with Crippen molar-refractivity contribution >= 4 is 0 Å². The lowest BCUT2D eigenvalue weighted by Crippen LogP contribution is -2.23. The molecule has 3 nitrogen and oxygen atoms in total. The lowest BCUT2D eigenvalue weighted by molar-refractivity contribution is 0.295. The van der Waals surface area contributed by atoms with Crippen molar-refractivity contribution < 1.29 is 4.74 Å². The number of imidazole rings is 1. The van der Waals surface area contributed by atoms with Crippen LogP contribution in [0.4, 0.5) is 0 Å². The molecule has 0 N–H and O–H groups in total. The second-order valence-electron chi connectivity index (χ2n) is 3.89. The van der Waals surface area contributed by atoms with Crippen LogP contribution in [0, 0.1) is 6.92 Å². The molecule has 0 fully saturated rings. The summed E-state index contributed by atoms with van der Waals surface area (Å²) >= 11 is 0. The van der Waals surface area contributed by atoms with Gasteiger partial charge in [-0.05, 0) is 27.7 Å². The molecule has 1 aromatic rings. The van der Waals surface area contributed by atoms with E-state index in [9.17, 15) is 0 Å². The van der Waals surface area contributed by atoms with Gasteiger partial charge >= 0.3 is 0 Å². The Morgan fingerprint density at radius 1 is 1.42 bits per heavy atom. The highest BCUT2D eigenvalue weighted by Crippen LogP contribution is 2.23. The maximum absolute atomic E-state index is 5.14. The van der Waals surface area contributed by atoms with Gasteiger partial charge in [-0.15, -0.1) is 0 Å². The number of hydrogen-bond acceptors (Lipinski definition) is 2. The molecule has 0 spiro atoms. The Kier molecular flexibility index (Phi) is 2.13. The third-order valence-corrected chi connectivity index (χ3v) is 1.76. The standard InChI is InChI=1S/C9H16N2O/c1-7-6-10-8(12-5)11(7)9(2,3)4/h6H,1-5H3. The van der Waals surface area contributed by atoms with Crippen LogP contribution in [0.2, 0.25) is 0 Å². The number of nitrogens with zero attached hydrogens (tertiary/aromatic N) is 2.